The summed E-state index contributed by atoms with van der Waals surface area (Å²) < 4.78 is 14.0. The van der Waals surface area contributed by atoms with Crippen LogP contribution in [0.15, 0.2) is 36.2 Å². The van der Waals surface area contributed by atoms with E-state index in [2.05, 4.69) is 4.90 Å². The number of nitrogens with zero attached hydrogens (tertiary/aromatic N) is 2. The third-order valence-corrected chi connectivity index (χ3v) is 3.90. The molecule has 0 spiro atoms. The Morgan fingerprint density at radius 1 is 1.21 bits per heavy atom. The van der Waals surface area contributed by atoms with E-state index >= 15 is 0 Å². The van der Waals surface area contributed by atoms with E-state index in [0.29, 0.717) is 6.54 Å². The fourth-order valence-corrected chi connectivity index (χ4v) is 2.86. The Labute approximate surface area is 112 Å². The van der Waals surface area contributed by atoms with Gasteiger partial charge in [-0.25, -0.2) is 4.39 Å². The minimum absolute atomic E-state index is 0.191. The molecule has 3 nitrogen and oxygen atoms in total. The molecule has 2 heterocycles. The topological polar surface area (TPSA) is 23.6 Å². The lowest BCUT2D eigenvalue weighted by Gasteiger charge is -2.33. The molecule has 2 bridgehead atoms. The summed E-state index contributed by atoms with van der Waals surface area (Å²) in [7, 11) is 0. The zero-order valence-electron chi connectivity index (χ0n) is 10.8. The first-order valence-electron chi connectivity index (χ1n) is 6.69. The molecule has 2 unspecified atom stereocenters. The predicted molar refractivity (Wildman–Crippen MR) is 72.1 cm³/mol. The third kappa shape index (κ3) is 2.54. The Bertz CT molecular complexity index is 500. The van der Waals surface area contributed by atoms with Gasteiger partial charge in [0.25, 0.3) is 5.91 Å². The number of piperazine rings is 1. The van der Waals surface area contributed by atoms with Crippen molar-refractivity contribution >= 4 is 12.0 Å². The number of fused-ring (bicyclic) bond motifs is 2. The highest BCUT2D eigenvalue weighted by Crippen LogP contribution is 2.23. The van der Waals surface area contributed by atoms with Gasteiger partial charge in [-0.1, -0.05) is 30.3 Å². The Morgan fingerprint density at radius 2 is 2.00 bits per heavy atom. The van der Waals surface area contributed by atoms with Crippen molar-refractivity contribution in [3.8, 4) is 0 Å². The molecule has 1 amide bonds. The number of halogens is 1. The summed E-state index contributed by atoms with van der Waals surface area (Å²) in [5.41, 5.74) is 0.721. The van der Waals surface area contributed by atoms with Gasteiger partial charge in [0.1, 0.15) is 0 Å². The minimum atomic E-state index is -0.661. The van der Waals surface area contributed by atoms with E-state index in [1.54, 1.807) is 17.0 Å². The van der Waals surface area contributed by atoms with Crippen LogP contribution in [0, 0.1) is 0 Å². The van der Waals surface area contributed by atoms with Crippen molar-refractivity contribution < 1.29 is 9.18 Å². The average Bonchev–Trinajstić information content (AvgIpc) is 2.81. The molecule has 0 radical (unpaired) electrons. The Hall–Kier alpha value is -1.68. The molecular weight excluding hydrogens is 243 g/mol. The predicted octanol–water partition coefficient (Wildman–Crippen LogP) is 1.91. The third-order valence-electron chi connectivity index (χ3n) is 3.90. The van der Waals surface area contributed by atoms with E-state index in [9.17, 15) is 9.18 Å². The number of carbonyl (C=O) groups excluding carboxylic acids is 1. The molecule has 1 aromatic rings. The second-order valence-electron chi connectivity index (χ2n) is 5.14. The van der Waals surface area contributed by atoms with Crippen LogP contribution in [0.5, 0.6) is 0 Å². The molecule has 2 aliphatic heterocycles. The largest absolute Gasteiger partial charge is 0.331 e. The first-order valence-corrected chi connectivity index (χ1v) is 6.69. The first kappa shape index (κ1) is 12.4. The summed E-state index contributed by atoms with van der Waals surface area (Å²) in [5, 5.41) is 0. The maximum absolute atomic E-state index is 14.0. The molecule has 19 heavy (non-hydrogen) atoms. The van der Waals surface area contributed by atoms with Crippen molar-refractivity contribution in [2.45, 2.75) is 12.5 Å². The Balaban J connectivity index is 1.74. The van der Waals surface area contributed by atoms with Crippen LogP contribution >= 0.6 is 0 Å². The summed E-state index contributed by atoms with van der Waals surface area (Å²) >= 11 is 0. The van der Waals surface area contributed by atoms with Crippen molar-refractivity contribution in [2.75, 3.05) is 26.2 Å². The molecule has 3 rings (SSSR count). The molecule has 0 saturated carbocycles. The lowest BCUT2D eigenvalue weighted by Crippen LogP contribution is -2.49. The summed E-state index contributed by atoms with van der Waals surface area (Å²) in [5.74, 6) is -1.12. The van der Waals surface area contributed by atoms with Crippen LogP contribution in [-0.4, -0.2) is 47.9 Å². The Kier molecular flexibility index (Phi) is 3.34. The zero-order chi connectivity index (χ0) is 13.2. The number of hydrogen-bond acceptors (Lipinski definition) is 2. The van der Waals surface area contributed by atoms with Crippen molar-refractivity contribution in [1.82, 2.24) is 9.80 Å². The summed E-state index contributed by atoms with van der Waals surface area (Å²) in [4.78, 5) is 16.2. The zero-order valence-corrected chi connectivity index (χ0v) is 10.8. The number of benzene rings is 1. The van der Waals surface area contributed by atoms with E-state index in [1.165, 1.54) is 6.08 Å². The first-order chi connectivity index (χ1) is 9.24. The fraction of sp³-hybridized carbons (Fsp3) is 0.400. The highest BCUT2D eigenvalue weighted by atomic mass is 19.1. The summed E-state index contributed by atoms with van der Waals surface area (Å²) in [6, 6.07) is 9.31. The van der Waals surface area contributed by atoms with Gasteiger partial charge in [-0.2, -0.15) is 0 Å². The summed E-state index contributed by atoms with van der Waals surface area (Å²) in [6.07, 6.45) is 2.29. The quantitative estimate of drug-likeness (QED) is 0.758. The van der Waals surface area contributed by atoms with Gasteiger partial charge in [0, 0.05) is 32.2 Å². The number of hydrogen-bond donors (Lipinski definition) is 0. The maximum atomic E-state index is 14.0. The van der Waals surface area contributed by atoms with E-state index in [-0.39, 0.29) is 6.04 Å². The molecule has 0 aromatic heterocycles. The number of rotatable bonds is 2. The smallest absolute Gasteiger partial charge is 0.282 e. The lowest BCUT2D eigenvalue weighted by molar-refractivity contribution is -0.131. The molecule has 2 fully saturated rings. The van der Waals surface area contributed by atoms with Crippen LogP contribution in [0.25, 0.3) is 6.08 Å². The van der Waals surface area contributed by atoms with Gasteiger partial charge < -0.3 is 4.90 Å². The Morgan fingerprint density at radius 3 is 2.79 bits per heavy atom. The molecule has 2 atom stereocenters. The van der Waals surface area contributed by atoms with Crippen LogP contribution in [0.4, 0.5) is 4.39 Å². The van der Waals surface area contributed by atoms with Gasteiger partial charge in [0.2, 0.25) is 0 Å². The molecule has 2 aliphatic rings. The summed E-state index contributed by atoms with van der Waals surface area (Å²) in [6.45, 7) is 3.42. The van der Waals surface area contributed by atoms with Gasteiger partial charge in [0.05, 0.1) is 0 Å². The van der Waals surface area contributed by atoms with E-state index in [0.717, 1.165) is 31.6 Å². The van der Waals surface area contributed by atoms with E-state index < -0.39 is 11.7 Å². The van der Waals surface area contributed by atoms with E-state index in [4.69, 9.17) is 0 Å². The van der Waals surface area contributed by atoms with Crippen molar-refractivity contribution in [1.29, 1.82) is 0 Å². The van der Waals surface area contributed by atoms with Crippen LogP contribution in [0.3, 0.4) is 0 Å². The van der Waals surface area contributed by atoms with Gasteiger partial charge >= 0.3 is 0 Å². The van der Waals surface area contributed by atoms with E-state index in [1.807, 2.05) is 18.2 Å². The fourth-order valence-electron chi connectivity index (χ4n) is 2.86. The van der Waals surface area contributed by atoms with Gasteiger partial charge in [0.15, 0.2) is 5.83 Å². The normalized spacial score (nSPS) is 26.6. The molecule has 0 N–H and O–H groups in total. The SMILES string of the molecule is O=C(C(F)=Cc1ccccc1)N1CCN2CCC1C2. The van der Waals surface area contributed by atoms with Crippen molar-refractivity contribution in [3.63, 3.8) is 0 Å². The highest BCUT2D eigenvalue weighted by Gasteiger charge is 2.36. The minimum Gasteiger partial charge on any atom is -0.331 e. The average molecular weight is 260 g/mol. The van der Waals surface area contributed by atoms with Crippen molar-refractivity contribution in [3.05, 3.63) is 41.7 Å². The van der Waals surface area contributed by atoms with Crippen LogP contribution < -0.4 is 0 Å². The van der Waals surface area contributed by atoms with Crippen LogP contribution in [0.2, 0.25) is 0 Å². The monoisotopic (exact) mass is 260 g/mol. The second kappa shape index (κ2) is 5.13. The van der Waals surface area contributed by atoms with Gasteiger partial charge in [-0.3, -0.25) is 9.69 Å². The molecule has 4 heteroatoms. The second-order valence-corrected chi connectivity index (χ2v) is 5.14. The molecule has 1 aromatic carbocycles. The van der Waals surface area contributed by atoms with Crippen LogP contribution in [-0.2, 0) is 4.79 Å². The van der Waals surface area contributed by atoms with Gasteiger partial charge in [-0.15, -0.1) is 0 Å². The van der Waals surface area contributed by atoms with Gasteiger partial charge in [-0.05, 0) is 18.1 Å². The molecule has 2 saturated heterocycles. The molecule has 0 aliphatic carbocycles. The number of carbonyl (C=O) groups is 1. The molecule has 100 valence electrons. The molecular formula is C15H17FN2O. The maximum Gasteiger partial charge on any atom is 0.282 e. The highest BCUT2D eigenvalue weighted by molar-refractivity contribution is 5.95. The lowest BCUT2D eigenvalue weighted by atomic mass is 10.1. The van der Waals surface area contributed by atoms with Crippen LogP contribution in [0.1, 0.15) is 12.0 Å². The van der Waals surface area contributed by atoms with Crippen molar-refractivity contribution in [2.24, 2.45) is 0 Å². The number of amides is 1. The standard InChI is InChI=1S/C15H17FN2O/c16-14(10-12-4-2-1-3-5-12)15(19)18-9-8-17-7-6-13(18)11-17/h1-5,10,13H,6-9,11H2.